The van der Waals surface area contributed by atoms with Gasteiger partial charge < -0.3 is 4.90 Å². The first-order valence-corrected chi connectivity index (χ1v) is 9.17. The van der Waals surface area contributed by atoms with Crippen molar-refractivity contribution < 1.29 is 9.59 Å². The molecule has 0 bridgehead atoms. The van der Waals surface area contributed by atoms with Crippen LogP contribution in [0.15, 0.2) is 36.5 Å². The number of aryl methyl sites for hydroxylation is 2. The van der Waals surface area contributed by atoms with Crippen LogP contribution in [0.25, 0.3) is 0 Å². The molecule has 2 fully saturated rings. The summed E-state index contributed by atoms with van der Waals surface area (Å²) in [5.41, 5.74) is 1.42. The van der Waals surface area contributed by atoms with Gasteiger partial charge in [0, 0.05) is 44.5 Å². The van der Waals surface area contributed by atoms with Crippen molar-refractivity contribution in [3.8, 4) is 0 Å². The van der Waals surface area contributed by atoms with Crippen molar-refractivity contribution in [2.24, 2.45) is 12.5 Å². The highest BCUT2D eigenvalue weighted by molar-refractivity contribution is 6.00. The zero-order valence-electron chi connectivity index (χ0n) is 15.3. The molecule has 2 aliphatic rings. The number of rotatable bonds is 2. The third-order valence-corrected chi connectivity index (χ3v) is 5.87. The van der Waals surface area contributed by atoms with E-state index in [4.69, 9.17) is 0 Å². The Bertz CT molecular complexity index is 849. The van der Waals surface area contributed by atoms with Crippen molar-refractivity contribution >= 4 is 17.6 Å². The molecule has 0 atom stereocenters. The monoisotopic (exact) mass is 352 g/mol. The molecule has 4 rings (SSSR count). The number of nitrogens with zero attached hydrogens (tertiary/aromatic N) is 4. The van der Waals surface area contributed by atoms with Crippen molar-refractivity contribution in [1.29, 1.82) is 0 Å². The smallest absolute Gasteiger partial charge is 0.254 e. The van der Waals surface area contributed by atoms with Gasteiger partial charge in [-0.3, -0.25) is 19.2 Å². The molecule has 0 N–H and O–H groups in total. The van der Waals surface area contributed by atoms with Crippen LogP contribution < -0.4 is 4.90 Å². The zero-order valence-corrected chi connectivity index (χ0v) is 15.3. The summed E-state index contributed by atoms with van der Waals surface area (Å²) in [7, 11) is 1.86. The van der Waals surface area contributed by atoms with E-state index in [0.717, 1.165) is 36.2 Å². The Morgan fingerprint density at radius 1 is 1.08 bits per heavy atom. The number of hydrogen-bond donors (Lipinski definition) is 0. The molecular formula is C20H24N4O2. The van der Waals surface area contributed by atoms with Gasteiger partial charge in [-0.2, -0.15) is 5.10 Å². The molecule has 0 radical (unpaired) electrons. The van der Waals surface area contributed by atoms with E-state index < -0.39 is 0 Å². The first-order chi connectivity index (χ1) is 12.5. The molecule has 6 nitrogen and oxygen atoms in total. The number of carbonyl (C=O) groups is 2. The Kier molecular flexibility index (Phi) is 4.05. The molecule has 136 valence electrons. The van der Waals surface area contributed by atoms with Gasteiger partial charge in [-0.1, -0.05) is 18.2 Å². The second kappa shape index (κ2) is 6.27. The van der Waals surface area contributed by atoms with Crippen molar-refractivity contribution in [3.05, 3.63) is 47.7 Å². The minimum atomic E-state index is -0.333. The molecule has 26 heavy (non-hydrogen) atoms. The first kappa shape index (κ1) is 16.8. The lowest BCUT2D eigenvalue weighted by Crippen LogP contribution is -2.46. The van der Waals surface area contributed by atoms with E-state index in [9.17, 15) is 9.59 Å². The molecule has 3 heterocycles. The van der Waals surface area contributed by atoms with E-state index in [1.807, 2.05) is 55.4 Å². The van der Waals surface area contributed by atoms with Crippen LogP contribution in [0.4, 0.5) is 5.82 Å². The molecule has 2 aromatic rings. The number of aromatic nitrogens is 2. The molecule has 1 spiro atoms. The van der Waals surface area contributed by atoms with Gasteiger partial charge in [0.15, 0.2) is 5.82 Å². The number of benzene rings is 1. The van der Waals surface area contributed by atoms with Crippen molar-refractivity contribution in [2.45, 2.75) is 26.2 Å². The predicted octanol–water partition coefficient (Wildman–Crippen LogP) is 2.39. The third-order valence-electron chi connectivity index (χ3n) is 5.87. The van der Waals surface area contributed by atoms with Crippen molar-refractivity contribution in [2.75, 3.05) is 24.5 Å². The second-order valence-electron chi connectivity index (χ2n) is 7.44. The highest BCUT2D eigenvalue weighted by atomic mass is 16.2. The van der Waals surface area contributed by atoms with Crippen molar-refractivity contribution in [1.82, 2.24) is 14.7 Å². The molecule has 2 aliphatic heterocycles. The van der Waals surface area contributed by atoms with E-state index in [2.05, 4.69) is 5.10 Å². The minimum absolute atomic E-state index is 0.0741. The highest BCUT2D eigenvalue weighted by Gasteiger charge is 2.49. The van der Waals surface area contributed by atoms with Gasteiger partial charge in [0.05, 0.1) is 5.41 Å². The normalized spacial score (nSPS) is 19.4. The van der Waals surface area contributed by atoms with Gasteiger partial charge >= 0.3 is 0 Å². The molecular weight excluding hydrogens is 328 g/mol. The van der Waals surface area contributed by atoms with E-state index in [0.29, 0.717) is 19.6 Å². The summed E-state index contributed by atoms with van der Waals surface area (Å²) in [5.74, 6) is 0.969. The van der Waals surface area contributed by atoms with Crippen LogP contribution >= 0.6 is 0 Å². The van der Waals surface area contributed by atoms with Crippen LogP contribution in [0.1, 0.15) is 35.2 Å². The number of carbonyl (C=O) groups excluding carboxylic acids is 2. The summed E-state index contributed by atoms with van der Waals surface area (Å²) in [5, 5.41) is 4.37. The number of piperidine rings is 1. The van der Waals surface area contributed by atoms with Gasteiger partial charge in [-0.05, 0) is 37.8 Å². The van der Waals surface area contributed by atoms with Crippen molar-refractivity contribution in [3.63, 3.8) is 0 Å². The largest absolute Gasteiger partial charge is 0.339 e. The van der Waals surface area contributed by atoms with Crippen LogP contribution in [0.3, 0.4) is 0 Å². The fraction of sp³-hybridized carbons (Fsp3) is 0.450. The number of likely N-dealkylation sites (tertiary alicyclic amines) is 1. The number of anilines is 1. The van der Waals surface area contributed by atoms with Crippen LogP contribution in [0.5, 0.6) is 0 Å². The maximum atomic E-state index is 13.1. The van der Waals surface area contributed by atoms with Gasteiger partial charge in [0.2, 0.25) is 5.91 Å². The van der Waals surface area contributed by atoms with Gasteiger partial charge in [0.1, 0.15) is 0 Å². The van der Waals surface area contributed by atoms with Gasteiger partial charge in [-0.15, -0.1) is 0 Å². The summed E-state index contributed by atoms with van der Waals surface area (Å²) in [6, 6.07) is 9.57. The second-order valence-corrected chi connectivity index (χ2v) is 7.44. The number of hydrogen-bond acceptors (Lipinski definition) is 3. The van der Waals surface area contributed by atoms with Gasteiger partial charge in [-0.25, -0.2) is 0 Å². The first-order valence-electron chi connectivity index (χ1n) is 9.17. The van der Waals surface area contributed by atoms with E-state index in [1.165, 1.54) is 0 Å². The van der Waals surface area contributed by atoms with Gasteiger partial charge in [0.25, 0.3) is 5.91 Å². The average Bonchev–Trinajstić information content (AvgIpc) is 3.20. The molecule has 1 aromatic carbocycles. The minimum Gasteiger partial charge on any atom is -0.339 e. The maximum absolute atomic E-state index is 13.1. The SMILES string of the molecule is Cc1ccccc1C(=O)N1CCC2(CC1)CCN(c1ccn(C)n1)C2=O. The van der Waals surface area contributed by atoms with E-state index in [1.54, 1.807) is 9.58 Å². The lowest BCUT2D eigenvalue weighted by atomic mass is 9.77. The van der Waals surface area contributed by atoms with Crippen LogP contribution in [-0.2, 0) is 11.8 Å². The summed E-state index contributed by atoms with van der Waals surface area (Å²) in [4.78, 5) is 29.6. The Morgan fingerprint density at radius 3 is 2.42 bits per heavy atom. The lowest BCUT2D eigenvalue weighted by Gasteiger charge is -2.38. The molecule has 2 amide bonds. The summed E-state index contributed by atoms with van der Waals surface area (Å²) in [6.07, 6.45) is 4.16. The highest BCUT2D eigenvalue weighted by Crippen LogP contribution is 2.43. The van der Waals surface area contributed by atoms with E-state index in [-0.39, 0.29) is 17.2 Å². The van der Waals surface area contributed by atoms with Crippen LogP contribution in [0, 0.1) is 12.3 Å². The van der Waals surface area contributed by atoms with Crippen LogP contribution in [-0.4, -0.2) is 46.1 Å². The Hall–Kier alpha value is -2.63. The standard InChI is InChI=1S/C20H24N4O2/c1-15-5-3-4-6-16(15)18(25)23-12-8-20(9-13-23)10-14-24(19(20)26)17-7-11-22(2)21-17/h3-7,11H,8-10,12-14H2,1-2H3. The fourth-order valence-electron chi connectivity index (χ4n) is 4.17. The molecule has 0 aliphatic carbocycles. The Morgan fingerprint density at radius 2 is 1.77 bits per heavy atom. The average molecular weight is 352 g/mol. The summed E-state index contributed by atoms with van der Waals surface area (Å²) in [6.45, 7) is 3.94. The molecule has 0 unspecified atom stereocenters. The molecule has 0 saturated carbocycles. The Balaban J connectivity index is 1.46. The zero-order chi connectivity index (χ0) is 18.3. The quantitative estimate of drug-likeness (QED) is 0.834. The summed E-state index contributed by atoms with van der Waals surface area (Å²) >= 11 is 0. The van der Waals surface area contributed by atoms with E-state index >= 15 is 0 Å². The molecule has 1 aromatic heterocycles. The third kappa shape index (κ3) is 2.69. The molecule has 2 saturated heterocycles. The topological polar surface area (TPSA) is 58.4 Å². The maximum Gasteiger partial charge on any atom is 0.254 e. The Labute approximate surface area is 153 Å². The predicted molar refractivity (Wildman–Crippen MR) is 98.9 cm³/mol. The lowest BCUT2D eigenvalue weighted by molar-refractivity contribution is -0.127. The fourth-order valence-corrected chi connectivity index (χ4v) is 4.17. The summed E-state index contributed by atoms with van der Waals surface area (Å²) < 4.78 is 1.72. The van der Waals surface area contributed by atoms with Crippen LogP contribution in [0.2, 0.25) is 0 Å². The molecule has 6 heteroatoms. The number of amides is 2.